The van der Waals surface area contributed by atoms with Gasteiger partial charge in [0.25, 0.3) is 6.71 Å². The molecule has 4 atom stereocenters. The van der Waals surface area contributed by atoms with Gasteiger partial charge in [-0.1, -0.05) is 183 Å². The lowest BCUT2D eigenvalue weighted by Gasteiger charge is -2.54. The summed E-state index contributed by atoms with van der Waals surface area (Å²) in [6.45, 7) is 27.1. The molecule has 2 fully saturated rings. The summed E-state index contributed by atoms with van der Waals surface area (Å²) in [7, 11) is 0. The highest BCUT2D eigenvalue weighted by Crippen LogP contribution is 2.66. The molecule has 6 aliphatic rings. The Hall–Kier alpha value is -6.00. The molecule has 7 aromatic rings. The van der Waals surface area contributed by atoms with Gasteiger partial charge in [0.1, 0.15) is 0 Å². The van der Waals surface area contributed by atoms with Crippen LogP contribution in [0.3, 0.4) is 0 Å². The van der Waals surface area contributed by atoms with E-state index in [1.54, 1.807) is 5.56 Å². The summed E-state index contributed by atoms with van der Waals surface area (Å²) in [5.74, 6) is 0. The van der Waals surface area contributed by atoms with E-state index in [1.165, 1.54) is 139 Å². The minimum Gasteiger partial charge on any atom is -0.335 e. The molecule has 0 aromatic heterocycles. The van der Waals surface area contributed by atoms with Crippen LogP contribution in [0.5, 0.6) is 0 Å². The zero-order chi connectivity index (χ0) is 49.2. The van der Waals surface area contributed by atoms with Crippen LogP contribution in [0.15, 0.2) is 140 Å². The number of fused-ring (bicyclic) bond motifs is 10. The predicted octanol–water partition coefficient (Wildman–Crippen LogP) is 15.7. The van der Waals surface area contributed by atoms with Crippen molar-refractivity contribution in [1.82, 2.24) is 0 Å². The monoisotopic (exact) mass is 930 g/mol. The van der Waals surface area contributed by atoms with Crippen LogP contribution in [-0.4, -0.2) is 17.8 Å². The van der Waals surface area contributed by atoms with Crippen molar-refractivity contribution < 1.29 is 0 Å². The molecule has 13 rings (SSSR count). The maximum atomic E-state index is 2.98. The minimum absolute atomic E-state index is 0.000591. The van der Waals surface area contributed by atoms with Gasteiger partial charge >= 0.3 is 0 Å². The first-order valence-electron chi connectivity index (χ1n) is 27.1. The normalized spacial score (nSPS) is 24.8. The molecule has 71 heavy (non-hydrogen) atoms. The Bertz CT molecular complexity index is 3340. The first-order chi connectivity index (χ1) is 33.9. The van der Waals surface area contributed by atoms with Crippen LogP contribution < -0.4 is 31.1 Å². The quantitative estimate of drug-likeness (QED) is 0.163. The molecule has 7 aromatic carbocycles. The Labute approximate surface area is 425 Å². The minimum atomic E-state index is -0.210. The lowest BCUT2D eigenvalue weighted by Crippen LogP contribution is -2.65. The highest BCUT2D eigenvalue weighted by Gasteiger charge is 2.64. The summed E-state index contributed by atoms with van der Waals surface area (Å²) in [6.07, 6.45) is 9.58. The molecule has 0 spiro atoms. The number of nitrogens with zero attached hydrogens (tertiary/aromatic N) is 3. The van der Waals surface area contributed by atoms with Crippen molar-refractivity contribution in [3.05, 3.63) is 178 Å². The number of hydrogen-bond acceptors (Lipinski definition) is 3. The van der Waals surface area contributed by atoms with Gasteiger partial charge in [0, 0.05) is 50.5 Å². The second-order valence-corrected chi connectivity index (χ2v) is 25.4. The topological polar surface area (TPSA) is 9.72 Å². The molecule has 2 aliphatic carbocycles. The van der Waals surface area contributed by atoms with Crippen molar-refractivity contribution in [2.75, 3.05) is 14.7 Å². The third-order valence-corrected chi connectivity index (χ3v) is 19.6. The Kier molecular flexibility index (Phi) is 9.51. The SMILES string of the molecule is Cc1cc(C)c2c3c1B1c4cc(C(C)(C)C)ccc4N(c4ccc(C(C)(C)C)cc4-c4ccccc4)c4cc(N5c6ccccc6C6(c7ccccc7)CCCCC56C)cc(c41)N3C1(C)CCCCC21C. The molecule has 2 saturated carbocycles. The Morgan fingerprint density at radius 1 is 0.493 bits per heavy atom. The number of anilines is 7. The van der Waals surface area contributed by atoms with E-state index in [0.717, 1.165) is 12.8 Å². The van der Waals surface area contributed by atoms with Crippen LogP contribution in [0.2, 0.25) is 0 Å². The average Bonchev–Trinajstić information content (AvgIpc) is 3.73. The van der Waals surface area contributed by atoms with Gasteiger partial charge in [0.2, 0.25) is 0 Å². The van der Waals surface area contributed by atoms with E-state index in [-0.39, 0.29) is 39.5 Å². The summed E-state index contributed by atoms with van der Waals surface area (Å²) in [4.78, 5) is 8.58. The van der Waals surface area contributed by atoms with E-state index in [2.05, 4.69) is 230 Å². The van der Waals surface area contributed by atoms with Crippen LogP contribution in [0.25, 0.3) is 11.1 Å². The zero-order valence-electron chi connectivity index (χ0n) is 44.4. The number of benzene rings is 7. The van der Waals surface area contributed by atoms with Crippen molar-refractivity contribution in [3.63, 3.8) is 0 Å². The number of para-hydroxylation sites is 1. The Balaban J connectivity index is 1.19. The molecule has 4 heteroatoms. The molecule has 4 heterocycles. The van der Waals surface area contributed by atoms with E-state index in [0.29, 0.717) is 0 Å². The molecular formula is C67H72BN3. The molecule has 0 amide bonds. The molecule has 4 unspecified atom stereocenters. The van der Waals surface area contributed by atoms with Crippen LogP contribution in [-0.2, 0) is 21.7 Å². The standard InChI is InChI=1S/C67H72BN3/c1-43-38-44(2)59-61-58(43)64(9)34-20-21-35-65(64,10)71(61)57-42-49(70-54-29-19-18-28-51(54)67(46-26-16-13-17-27-46)37-23-22-36-66(67,70)11)41-56-60(57)68(59)52-40-48(63(6,7)8)31-33-55(52)69(56)53-32-30-47(62(3,4)5)39-50(53)45-24-14-12-15-25-45/h12-19,24-33,38-42H,20-23,34-37H2,1-11H3. The first kappa shape index (κ1) is 44.9. The number of hydrogen-bond donors (Lipinski definition) is 0. The van der Waals surface area contributed by atoms with Gasteiger partial charge in [-0.15, -0.1) is 0 Å². The third-order valence-electron chi connectivity index (χ3n) is 19.6. The van der Waals surface area contributed by atoms with Crippen molar-refractivity contribution in [2.24, 2.45) is 0 Å². The van der Waals surface area contributed by atoms with Gasteiger partial charge in [0.15, 0.2) is 0 Å². The van der Waals surface area contributed by atoms with Gasteiger partial charge in [0.05, 0.1) is 16.8 Å². The van der Waals surface area contributed by atoms with Crippen molar-refractivity contribution in [2.45, 2.75) is 160 Å². The van der Waals surface area contributed by atoms with E-state index >= 15 is 0 Å². The third kappa shape index (κ3) is 5.86. The highest BCUT2D eigenvalue weighted by molar-refractivity contribution is 7.00. The van der Waals surface area contributed by atoms with Crippen LogP contribution in [0, 0.1) is 13.8 Å². The first-order valence-corrected chi connectivity index (χ1v) is 27.1. The van der Waals surface area contributed by atoms with E-state index in [4.69, 9.17) is 0 Å². The van der Waals surface area contributed by atoms with Crippen LogP contribution in [0.1, 0.15) is 153 Å². The molecule has 358 valence electrons. The lowest BCUT2D eigenvalue weighted by molar-refractivity contribution is 0.194. The Morgan fingerprint density at radius 2 is 1.10 bits per heavy atom. The number of aryl methyl sites for hydroxylation is 2. The van der Waals surface area contributed by atoms with Gasteiger partial charge < -0.3 is 14.7 Å². The summed E-state index contributed by atoms with van der Waals surface area (Å²) >= 11 is 0. The maximum Gasteiger partial charge on any atom is 0.252 e. The second kappa shape index (κ2) is 15.0. The molecule has 3 nitrogen and oxygen atoms in total. The zero-order valence-corrected chi connectivity index (χ0v) is 44.4. The van der Waals surface area contributed by atoms with Crippen LogP contribution in [0.4, 0.5) is 39.8 Å². The van der Waals surface area contributed by atoms with Crippen LogP contribution >= 0.6 is 0 Å². The van der Waals surface area contributed by atoms with Gasteiger partial charge in [-0.2, -0.15) is 0 Å². The van der Waals surface area contributed by atoms with Crippen molar-refractivity contribution in [3.8, 4) is 11.1 Å². The summed E-state index contributed by atoms with van der Waals surface area (Å²) in [5, 5.41) is 0. The summed E-state index contributed by atoms with van der Waals surface area (Å²) in [5.41, 5.74) is 26.0. The largest absolute Gasteiger partial charge is 0.335 e. The average molecular weight is 930 g/mol. The molecule has 0 bridgehead atoms. The fourth-order valence-electron chi connectivity index (χ4n) is 16.0. The molecule has 0 saturated heterocycles. The fourth-order valence-corrected chi connectivity index (χ4v) is 16.0. The summed E-state index contributed by atoms with van der Waals surface area (Å²) < 4.78 is 0. The van der Waals surface area contributed by atoms with Gasteiger partial charge in [-0.3, -0.25) is 0 Å². The van der Waals surface area contributed by atoms with Gasteiger partial charge in [-0.25, -0.2) is 0 Å². The summed E-state index contributed by atoms with van der Waals surface area (Å²) in [6, 6.07) is 55.3. The van der Waals surface area contributed by atoms with Crippen molar-refractivity contribution >= 4 is 62.9 Å². The number of rotatable bonds is 4. The van der Waals surface area contributed by atoms with Gasteiger partial charge in [-0.05, 0) is 156 Å². The molecule has 4 aliphatic heterocycles. The van der Waals surface area contributed by atoms with E-state index < -0.39 is 0 Å². The second-order valence-electron chi connectivity index (χ2n) is 25.4. The fraction of sp³-hybridized carbons (Fsp3) is 0.373. The molecule has 0 N–H and O–H groups in total. The van der Waals surface area contributed by atoms with E-state index in [1.807, 2.05) is 0 Å². The lowest BCUT2D eigenvalue weighted by atomic mass is 9.32. The van der Waals surface area contributed by atoms with E-state index in [9.17, 15) is 0 Å². The predicted molar refractivity (Wildman–Crippen MR) is 304 cm³/mol. The highest BCUT2D eigenvalue weighted by atomic mass is 15.3. The molecule has 0 radical (unpaired) electrons. The van der Waals surface area contributed by atoms with Crippen molar-refractivity contribution in [1.29, 1.82) is 0 Å². The molecular weight excluding hydrogens is 858 g/mol. The maximum absolute atomic E-state index is 2.98. The smallest absolute Gasteiger partial charge is 0.252 e. The Morgan fingerprint density at radius 3 is 1.82 bits per heavy atom.